The number of rotatable bonds is 2. The maximum atomic E-state index is 6.09. The van der Waals surface area contributed by atoms with E-state index >= 15 is 0 Å². The van der Waals surface area contributed by atoms with E-state index in [1.165, 1.54) is 5.56 Å². The summed E-state index contributed by atoms with van der Waals surface area (Å²) in [5.41, 5.74) is 9.27. The van der Waals surface area contributed by atoms with Crippen molar-refractivity contribution in [3.63, 3.8) is 0 Å². The zero-order valence-corrected chi connectivity index (χ0v) is 11.2. The quantitative estimate of drug-likeness (QED) is 0.800. The molecule has 0 amide bonds. The molecule has 0 aliphatic carbocycles. The zero-order valence-electron chi connectivity index (χ0n) is 11.2. The minimum atomic E-state index is 0.200. The summed E-state index contributed by atoms with van der Waals surface area (Å²) < 4.78 is 5.83. The smallest absolute Gasteiger partial charge is 0.165 e. The summed E-state index contributed by atoms with van der Waals surface area (Å²) in [6.07, 6.45) is 1.26. The van der Waals surface area contributed by atoms with Crippen LogP contribution in [0, 0.1) is 5.92 Å². The highest BCUT2D eigenvalue weighted by molar-refractivity contribution is 5.72. The molecule has 3 nitrogen and oxygen atoms in total. The summed E-state index contributed by atoms with van der Waals surface area (Å²) in [5.74, 6) is 1.49. The summed E-state index contributed by atoms with van der Waals surface area (Å²) in [4.78, 5) is 2.23. The first-order valence-corrected chi connectivity index (χ1v) is 6.27. The molecule has 1 aliphatic rings. The summed E-state index contributed by atoms with van der Waals surface area (Å²) in [6, 6.07) is 4.25. The van der Waals surface area contributed by atoms with E-state index in [-0.39, 0.29) is 6.10 Å². The van der Waals surface area contributed by atoms with Gasteiger partial charge in [-0.25, -0.2) is 0 Å². The molecule has 1 atom stereocenters. The van der Waals surface area contributed by atoms with E-state index in [0.717, 1.165) is 30.1 Å². The standard InChI is InChI=1S/C14H22N2O/c1-9(2)5-11-6-12(15)14-13(7-11)16(4)8-10(3)17-14/h6-7,9-10H,5,8,15H2,1-4H3. The first kappa shape index (κ1) is 12.1. The van der Waals surface area contributed by atoms with Crippen LogP contribution in [0.5, 0.6) is 5.75 Å². The van der Waals surface area contributed by atoms with E-state index in [2.05, 4.69) is 38.8 Å². The van der Waals surface area contributed by atoms with Crippen LogP contribution in [-0.2, 0) is 6.42 Å². The van der Waals surface area contributed by atoms with E-state index in [1.54, 1.807) is 0 Å². The number of benzene rings is 1. The summed E-state index contributed by atoms with van der Waals surface area (Å²) in [7, 11) is 2.09. The molecule has 0 spiro atoms. The van der Waals surface area contributed by atoms with Crippen LogP contribution in [0.4, 0.5) is 11.4 Å². The van der Waals surface area contributed by atoms with Crippen molar-refractivity contribution in [3.8, 4) is 5.75 Å². The number of likely N-dealkylation sites (N-methyl/N-ethyl adjacent to an activating group) is 1. The van der Waals surface area contributed by atoms with Gasteiger partial charge in [-0.05, 0) is 37.0 Å². The lowest BCUT2D eigenvalue weighted by Crippen LogP contribution is -2.36. The van der Waals surface area contributed by atoms with Gasteiger partial charge in [0.25, 0.3) is 0 Å². The maximum Gasteiger partial charge on any atom is 0.165 e. The van der Waals surface area contributed by atoms with Crippen LogP contribution in [0.15, 0.2) is 12.1 Å². The Hall–Kier alpha value is -1.38. The van der Waals surface area contributed by atoms with E-state index in [1.807, 2.05) is 6.07 Å². The van der Waals surface area contributed by atoms with E-state index in [9.17, 15) is 0 Å². The maximum absolute atomic E-state index is 6.09. The summed E-state index contributed by atoms with van der Waals surface area (Å²) in [6.45, 7) is 7.42. The second-order valence-corrected chi connectivity index (χ2v) is 5.44. The topological polar surface area (TPSA) is 38.5 Å². The third kappa shape index (κ3) is 2.48. The molecule has 1 aromatic carbocycles. The Labute approximate surface area is 104 Å². The number of hydrogen-bond donors (Lipinski definition) is 1. The Morgan fingerprint density at radius 1 is 1.47 bits per heavy atom. The molecule has 0 fully saturated rings. The van der Waals surface area contributed by atoms with Crippen molar-refractivity contribution < 1.29 is 4.74 Å². The average Bonchev–Trinajstić information content (AvgIpc) is 2.19. The summed E-state index contributed by atoms with van der Waals surface area (Å²) in [5, 5.41) is 0. The van der Waals surface area contributed by atoms with Crippen LogP contribution in [0.1, 0.15) is 26.3 Å². The van der Waals surface area contributed by atoms with E-state index in [4.69, 9.17) is 10.5 Å². The first-order valence-electron chi connectivity index (χ1n) is 6.27. The van der Waals surface area contributed by atoms with Crippen LogP contribution >= 0.6 is 0 Å². The van der Waals surface area contributed by atoms with Gasteiger partial charge < -0.3 is 15.4 Å². The van der Waals surface area contributed by atoms with Crippen LogP contribution in [0.25, 0.3) is 0 Å². The predicted molar refractivity (Wildman–Crippen MR) is 72.8 cm³/mol. The summed E-state index contributed by atoms with van der Waals surface area (Å²) >= 11 is 0. The lowest BCUT2D eigenvalue weighted by molar-refractivity contribution is 0.216. The molecule has 0 saturated heterocycles. The minimum absolute atomic E-state index is 0.200. The van der Waals surface area contributed by atoms with Gasteiger partial charge in [0.15, 0.2) is 5.75 Å². The van der Waals surface area contributed by atoms with Crippen molar-refractivity contribution >= 4 is 11.4 Å². The molecule has 1 aromatic rings. The molecule has 2 N–H and O–H groups in total. The van der Waals surface area contributed by atoms with E-state index in [0.29, 0.717) is 5.92 Å². The number of nitrogen functional groups attached to an aromatic ring is 1. The normalized spacial score (nSPS) is 19.1. The Balaban J connectivity index is 2.39. The second kappa shape index (κ2) is 4.47. The fourth-order valence-corrected chi connectivity index (χ4v) is 2.42. The molecule has 0 radical (unpaired) electrons. The lowest BCUT2D eigenvalue weighted by Gasteiger charge is -2.33. The molecule has 1 heterocycles. The average molecular weight is 234 g/mol. The second-order valence-electron chi connectivity index (χ2n) is 5.44. The highest BCUT2D eigenvalue weighted by Gasteiger charge is 2.23. The fraction of sp³-hybridized carbons (Fsp3) is 0.571. The predicted octanol–water partition coefficient (Wildman–Crippen LogP) is 2.68. The molecular formula is C14H22N2O. The Morgan fingerprint density at radius 3 is 2.82 bits per heavy atom. The number of nitrogens with two attached hydrogens (primary N) is 1. The molecule has 0 saturated carbocycles. The van der Waals surface area contributed by atoms with Crippen LogP contribution in [0.2, 0.25) is 0 Å². The van der Waals surface area contributed by atoms with Crippen LogP contribution in [0.3, 0.4) is 0 Å². The molecule has 1 unspecified atom stereocenters. The van der Waals surface area contributed by atoms with Gasteiger partial charge >= 0.3 is 0 Å². The molecule has 1 aliphatic heterocycles. The van der Waals surface area contributed by atoms with Crippen molar-refractivity contribution in [1.82, 2.24) is 0 Å². The first-order chi connectivity index (χ1) is 7.97. The van der Waals surface area contributed by atoms with Gasteiger partial charge in [-0.1, -0.05) is 13.8 Å². The van der Waals surface area contributed by atoms with Crippen LogP contribution in [-0.4, -0.2) is 19.7 Å². The molecule has 94 valence electrons. The van der Waals surface area contributed by atoms with E-state index < -0.39 is 0 Å². The molecule has 17 heavy (non-hydrogen) atoms. The minimum Gasteiger partial charge on any atom is -0.485 e. The molecule has 0 bridgehead atoms. The Kier molecular flexibility index (Phi) is 3.18. The Bertz CT molecular complexity index is 415. The Morgan fingerprint density at radius 2 is 2.18 bits per heavy atom. The highest BCUT2D eigenvalue weighted by Crippen LogP contribution is 2.39. The number of anilines is 2. The SMILES string of the molecule is CC(C)Cc1cc(N)c2c(c1)N(C)CC(C)O2. The van der Waals surface area contributed by atoms with Gasteiger partial charge in [0.05, 0.1) is 17.9 Å². The van der Waals surface area contributed by atoms with Crippen molar-refractivity contribution in [2.45, 2.75) is 33.3 Å². The van der Waals surface area contributed by atoms with Gasteiger partial charge in [0.1, 0.15) is 6.10 Å². The van der Waals surface area contributed by atoms with Crippen molar-refractivity contribution in [1.29, 1.82) is 0 Å². The molecular weight excluding hydrogens is 212 g/mol. The van der Waals surface area contributed by atoms with Gasteiger partial charge in [0.2, 0.25) is 0 Å². The zero-order chi connectivity index (χ0) is 12.6. The van der Waals surface area contributed by atoms with Gasteiger partial charge in [-0.15, -0.1) is 0 Å². The van der Waals surface area contributed by atoms with Gasteiger partial charge in [-0.3, -0.25) is 0 Å². The lowest BCUT2D eigenvalue weighted by atomic mass is 10.0. The number of nitrogens with zero attached hydrogens (tertiary/aromatic N) is 1. The largest absolute Gasteiger partial charge is 0.485 e. The fourth-order valence-electron chi connectivity index (χ4n) is 2.42. The number of hydrogen-bond acceptors (Lipinski definition) is 3. The highest BCUT2D eigenvalue weighted by atomic mass is 16.5. The third-order valence-corrected chi connectivity index (χ3v) is 3.06. The van der Waals surface area contributed by atoms with Crippen molar-refractivity contribution in [2.24, 2.45) is 5.92 Å². The number of fused-ring (bicyclic) bond motifs is 1. The van der Waals surface area contributed by atoms with Crippen molar-refractivity contribution in [3.05, 3.63) is 17.7 Å². The van der Waals surface area contributed by atoms with Crippen molar-refractivity contribution in [2.75, 3.05) is 24.2 Å². The van der Waals surface area contributed by atoms with Gasteiger partial charge in [0, 0.05) is 7.05 Å². The van der Waals surface area contributed by atoms with Gasteiger partial charge in [-0.2, -0.15) is 0 Å². The number of ether oxygens (including phenoxy) is 1. The third-order valence-electron chi connectivity index (χ3n) is 3.06. The monoisotopic (exact) mass is 234 g/mol. The van der Waals surface area contributed by atoms with Crippen LogP contribution < -0.4 is 15.4 Å². The molecule has 3 heteroatoms. The molecule has 2 rings (SSSR count). The molecule has 0 aromatic heterocycles.